The third-order valence-electron chi connectivity index (χ3n) is 2.84. The molecule has 0 aliphatic heterocycles. The third kappa shape index (κ3) is 2.34. The lowest BCUT2D eigenvalue weighted by Gasteiger charge is -2.11. The van der Waals surface area contributed by atoms with Crippen LogP contribution in [0.5, 0.6) is 0 Å². The second kappa shape index (κ2) is 5.06. The number of carbonyl (C=O) groups is 1. The molecule has 0 aliphatic rings. The number of ether oxygens (including phenoxy) is 1. The SMILES string of the molecule is CCC(OC)C(=O)c1ccc2ncccc2c1. The Morgan fingerprint density at radius 3 is 2.94 bits per heavy atom. The second-order valence-electron chi connectivity index (χ2n) is 3.91. The smallest absolute Gasteiger partial charge is 0.191 e. The number of nitrogens with zero attached hydrogens (tertiary/aromatic N) is 1. The van der Waals surface area contributed by atoms with Crippen molar-refractivity contribution in [1.82, 2.24) is 4.98 Å². The van der Waals surface area contributed by atoms with Crippen molar-refractivity contribution < 1.29 is 9.53 Å². The average Bonchev–Trinajstić information content (AvgIpc) is 2.39. The normalized spacial score (nSPS) is 12.6. The fraction of sp³-hybridized carbons (Fsp3) is 0.286. The van der Waals surface area contributed by atoms with Crippen molar-refractivity contribution in [2.45, 2.75) is 19.4 Å². The van der Waals surface area contributed by atoms with Gasteiger partial charge in [0.15, 0.2) is 5.78 Å². The summed E-state index contributed by atoms with van der Waals surface area (Å²) in [5.41, 5.74) is 1.58. The molecular formula is C14H15NO2. The minimum atomic E-state index is -0.357. The third-order valence-corrected chi connectivity index (χ3v) is 2.84. The fourth-order valence-corrected chi connectivity index (χ4v) is 1.87. The molecule has 2 aromatic rings. The molecule has 88 valence electrons. The molecule has 0 fully saturated rings. The summed E-state index contributed by atoms with van der Waals surface area (Å²) >= 11 is 0. The maximum absolute atomic E-state index is 12.1. The van der Waals surface area contributed by atoms with E-state index in [1.54, 1.807) is 19.4 Å². The summed E-state index contributed by atoms with van der Waals surface area (Å²) in [5.74, 6) is 0.0285. The van der Waals surface area contributed by atoms with Crippen molar-refractivity contribution >= 4 is 16.7 Å². The van der Waals surface area contributed by atoms with Gasteiger partial charge in [0.25, 0.3) is 0 Å². The van der Waals surface area contributed by atoms with E-state index in [1.165, 1.54) is 0 Å². The minimum absolute atomic E-state index is 0.0285. The molecule has 0 spiro atoms. The Balaban J connectivity index is 2.39. The largest absolute Gasteiger partial charge is 0.373 e. The fourth-order valence-electron chi connectivity index (χ4n) is 1.87. The summed E-state index contributed by atoms with van der Waals surface area (Å²) in [5, 5.41) is 0.976. The summed E-state index contributed by atoms with van der Waals surface area (Å²) in [6.07, 6.45) is 2.07. The highest BCUT2D eigenvalue weighted by Gasteiger charge is 2.17. The molecule has 0 bridgehead atoms. The van der Waals surface area contributed by atoms with E-state index in [2.05, 4.69) is 4.98 Å². The van der Waals surface area contributed by atoms with Gasteiger partial charge in [0.1, 0.15) is 6.10 Å². The standard InChI is InChI=1S/C14H15NO2/c1-3-13(17-2)14(16)11-6-7-12-10(9-11)5-4-8-15-12/h4-9,13H,3H2,1-2H3. The summed E-state index contributed by atoms with van der Waals surface area (Å²) in [6.45, 7) is 1.94. The Labute approximate surface area is 100 Å². The summed E-state index contributed by atoms with van der Waals surface area (Å²) in [6, 6.07) is 9.35. The van der Waals surface area contributed by atoms with Gasteiger partial charge < -0.3 is 4.74 Å². The first kappa shape index (κ1) is 11.7. The summed E-state index contributed by atoms with van der Waals surface area (Å²) in [7, 11) is 1.56. The number of benzene rings is 1. The number of hydrogen-bond acceptors (Lipinski definition) is 3. The highest BCUT2D eigenvalue weighted by molar-refractivity contribution is 6.02. The lowest BCUT2D eigenvalue weighted by atomic mass is 10.0. The van der Waals surface area contributed by atoms with Gasteiger partial charge in [-0.15, -0.1) is 0 Å². The lowest BCUT2D eigenvalue weighted by Crippen LogP contribution is -2.21. The van der Waals surface area contributed by atoms with Crippen molar-refractivity contribution in [2.75, 3.05) is 7.11 Å². The van der Waals surface area contributed by atoms with Gasteiger partial charge >= 0.3 is 0 Å². The van der Waals surface area contributed by atoms with Crippen molar-refractivity contribution in [2.24, 2.45) is 0 Å². The van der Waals surface area contributed by atoms with Crippen LogP contribution in [-0.2, 0) is 4.74 Å². The zero-order valence-electron chi connectivity index (χ0n) is 10.0. The molecule has 2 rings (SSSR count). The number of aromatic nitrogens is 1. The van der Waals surface area contributed by atoms with E-state index >= 15 is 0 Å². The molecule has 1 aromatic carbocycles. The lowest BCUT2D eigenvalue weighted by molar-refractivity contribution is 0.0596. The molecule has 3 nitrogen and oxygen atoms in total. The first-order chi connectivity index (χ1) is 8.26. The van der Waals surface area contributed by atoms with Crippen LogP contribution in [0.4, 0.5) is 0 Å². The monoisotopic (exact) mass is 229 g/mol. The second-order valence-corrected chi connectivity index (χ2v) is 3.91. The van der Waals surface area contributed by atoms with Crippen LogP contribution in [0.25, 0.3) is 10.9 Å². The van der Waals surface area contributed by atoms with Gasteiger partial charge in [-0.2, -0.15) is 0 Å². The number of rotatable bonds is 4. The first-order valence-corrected chi connectivity index (χ1v) is 5.68. The van der Waals surface area contributed by atoms with E-state index in [0.717, 1.165) is 10.9 Å². The number of hydrogen-bond donors (Lipinski definition) is 0. The van der Waals surface area contributed by atoms with Crippen LogP contribution in [0.3, 0.4) is 0 Å². The molecule has 3 heteroatoms. The van der Waals surface area contributed by atoms with Crippen LogP contribution in [0.2, 0.25) is 0 Å². The zero-order valence-corrected chi connectivity index (χ0v) is 10.0. The highest BCUT2D eigenvalue weighted by Crippen LogP contribution is 2.16. The predicted molar refractivity (Wildman–Crippen MR) is 67.2 cm³/mol. The molecule has 1 unspecified atom stereocenters. The number of fused-ring (bicyclic) bond motifs is 1. The molecule has 1 atom stereocenters. The van der Waals surface area contributed by atoms with Crippen molar-refractivity contribution in [3.63, 3.8) is 0 Å². The van der Waals surface area contributed by atoms with Gasteiger partial charge in [-0.1, -0.05) is 13.0 Å². The maximum atomic E-state index is 12.1. The minimum Gasteiger partial charge on any atom is -0.373 e. The van der Waals surface area contributed by atoms with Gasteiger partial charge in [0, 0.05) is 24.3 Å². The Morgan fingerprint density at radius 2 is 2.24 bits per heavy atom. The molecule has 1 heterocycles. The van der Waals surface area contributed by atoms with Crippen molar-refractivity contribution in [3.05, 3.63) is 42.1 Å². The average molecular weight is 229 g/mol. The van der Waals surface area contributed by atoms with Gasteiger partial charge in [0.2, 0.25) is 0 Å². The predicted octanol–water partition coefficient (Wildman–Crippen LogP) is 2.84. The van der Waals surface area contributed by atoms with Gasteiger partial charge in [-0.3, -0.25) is 9.78 Å². The molecule has 1 aromatic heterocycles. The van der Waals surface area contributed by atoms with Crippen LogP contribution in [0.1, 0.15) is 23.7 Å². The van der Waals surface area contributed by atoms with Gasteiger partial charge in [-0.25, -0.2) is 0 Å². The summed E-state index contributed by atoms with van der Waals surface area (Å²) < 4.78 is 5.16. The quantitative estimate of drug-likeness (QED) is 0.757. The van der Waals surface area contributed by atoms with E-state index < -0.39 is 0 Å². The number of pyridine rings is 1. The molecular weight excluding hydrogens is 214 g/mol. The van der Waals surface area contributed by atoms with E-state index in [4.69, 9.17) is 4.74 Å². The van der Waals surface area contributed by atoms with Crippen molar-refractivity contribution in [3.8, 4) is 0 Å². The molecule has 0 radical (unpaired) electrons. The molecule has 17 heavy (non-hydrogen) atoms. The van der Waals surface area contributed by atoms with Crippen LogP contribution in [0, 0.1) is 0 Å². The van der Waals surface area contributed by atoms with E-state index in [0.29, 0.717) is 12.0 Å². The Morgan fingerprint density at radius 1 is 1.41 bits per heavy atom. The topological polar surface area (TPSA) is 39.2 Å². The molecule has 0 amide bonds. The highest BCUT2D eigenvalue weighted by atomic mass is 16.5. The first-order valence-electron chi connectivity index (χ1n) is 5.68. The molecule has 0 saturated heterocycles. The number of methoxy groups -OCH3 is 1. The number of Topliss-reactive ketones (excluding diaryl/α,β-unsaturated/α-hetero) is 1. The van der Waals surface area contributed by atoms with Gasteiger partial charge in [0.05, 0.1) is 5.52 Å². The Bertz CT molecular complexity index is 532. The summed E-state index contributed by atoms with van der Waals surface area (Å²) in [4.78, 5) is 16.3. The molecule has 0 N–H and O–H groups in total. The number of carbonyl (C=O) groups excluding carboxylic acids is 1. The number of ketones is 1. The van der Waals surface area contributed by atoms with Gasteiger partial charge in [-0.05, 0) is 30.7 Å². The molecule has 0 saturated carbocycles. The Kier molecular flexibility index (Phi) is 3.49. The maximum Gasteiger partial charge on any atom is 0.191 e. The van der Waals surface area contributed by atoms with Crippen LogP contribution in [0.15, 0.2) is 36.5 Å². The van der Waals surface area contributed by atoms with E-state index in [9.17, 15) is 4.79 Å². The van der Waals surface area contributed by atoms with Crippen LogP contribution >= 0.6 is 0 Å². The van der Waals surface area contributed by atoms with Crippen LogP contribution in [-0.4, -0.2) is 24.0 Å². The zero-order chi connectivity index (χ0) is 12.3. The van der Waals surface area contributed by atoms with E-state index in [-0.39, 0.29) is 11.9 Å². The van der Waals surface area contributed by atoms with E-state index in [1.807, 2.05) is 31.2 Å². The Hall–Kier alpha value is -1.74. The van der Waals surface area contributed by atoms with Crippen LogP contribution < -0.4 is 0 Å². The van der Waals surface area contributed by atoms with Crippen molar-refractivity contribution in [1.29, 1.82) is 0 Å². The molecule has 0 aliphatic carbocycles.